The van der Waals surface area contributed by atoms with Crippen LogP contribution in [-0.2, 0) is 13.0 Å². The first-order valence-corrected chi connectivity index (χ1v) is 10.7. The highest BCUT2D eigenvalue weighted by atomic mass is 79.9. The van der Waals surface area contributed by atoms with Gasteiger partial charge in [-0.05, 0) is 46.7 Å². The Morgan fingerprint density at radius 1 is 1.23 bits per heavy atom. The first kappa shape index (κ1) is 20.8. The molecule has 6 nitrogen and oxygen atoms in total. The summed E-state index contributed by atoms with van der Waals surface area (Å²) in [6.07, 6.45) is 4.95. The lowest BCUT2D eigenvalue weighted by molar-refractivity contribution is 0.630. The van der Waals surface area contributed by atoms with Crippen molar-refractivity contribution in [2.24, 2.45) is 4.99 Å². The average molecular weight is 439 g/mol. The third-order valence-corrected chi connectivity index (χ3v) is 5.95. The Morgan fingerprint density at radius 2 is 2.04 bits per heavy atom. The quantitative estimate of drug-likeness (QED) is 0.257. The summed E-state index contributed by atoms with van der Waals surface area (Å²) in [4.78, 5) is 5.57. The van der Waals surface area contributed by atoms with Gasteiger partial charge in [0.25, 0.3) is 0 Å². The number of nitrogens with zero attached hydrogens (tertiary/aromatic N) is 4. The third kappa shape index (κ3) is 6.99. The summed E-state index contributed by atoms with van der Waals surface area (Å²) >= 11 is 5.48. The van der Waals surface area contributed by atoms with E-state index >= 15 is 0 Å². The normalized spacial score (nSPS) is 11.6. The van der Waals surface area contributed by atoms with Crippen molar-refractivity contribution in [1.82, 2.24) is 25.4 Å². The van der Waals surface area contributed by atoms with Crippen LogP contribution in [0, 0.1) is 0 Å². The Bertz CT molecular complexity index is 688. The largest absolute Gasteiger partial charge is 0.356 e. The predicted octanol–water partition coefficient (Wildman–Crippen LogP) is 3.34. The van der Waals surface area contributed by atoms with Gasteiger partial charge in [0.1, 0.15) is 12.2 Å². The number of nitrogens with one attached hydrogen (secondary N) is 2. The van der Waals surface area contributed by atoms with Gasteiger partial charge in [-0.2, -0.15) is 0 Å². The van der Waals surface area contributed by atoms with Crippen LogP contribution >= 0.6 is 27.7 Å². The smallest absolute Gasteiger partial charge is 0.191 e. The number of aryl methyl sites for hydroxylation is 1. The van der Waals surface area contributed by atoms with Crippen molar-refractivity contribution < 1.29 is 0 Å². The number of thioether (sulfide) groups is 1. The van der Waals surface area contributed by atoms with Crippen LogP contribution < -0.4 is 10.6 Å². The van der Waals surface area contributed by atoms with Crippen molar-refractivity contribution in [2.75, 3.05) is 25.9 Å². The summed E-state index contributed by atoms with van der Waals surface area (Å²) in [5.74, 6) is 2.97. The minimum absolute atomic E-state index is 0.794. The number of hydrogen-bond donors (Lipinski definition) is 2. The first-order chi connectivity index (χ1) is 12.7. The maximum Gasteiger partial charge on any atom is 0.191 e. The van der Waals surface area contributed by atoms with Gasteiger partial charge in [0.05, 0.1) is 0 Å². The number of rotatable bonds is 10. The molecule has 2 N–H and O–H groups in total. The summed E-state index contributed by atoms with van der Waals surface area (Å²) in [6, 6.07) is 8.36. The van der Waals surface area contributed by atoms with Gasteiger partial charge in [-0.15, -0.1) is 22.0 Å². The maximum atomic E-state index is 4.27. The molecule has 0 aliphatic carbocycles. The molecule has 1 heterocycles. The van der Waals surface area contributed by atoms with Gasteiger partial charge in [0.2, 0.25) is 0 Å². The van der Waals surface area contributed by atoms with Gasteiger partial charge in [-0.1, -0.05) is 19.1 Å². The van der Waals surface area contributed by atoms with Crippen molar-refractivity contribution in [3.63, 3.8) is 0 Å². The molecule has 1 aromatic carbocycles. The molecule has 0 aliphatic rings. The molecule has 0 amide bonds. The second-order valence-corrected chi connectivity index (χ2v) is 7.70. The van der Waals surface area contributed by atoms with E-state index in [1.54, 1.807) is 13.4 Å². The molecule has 2 aromatic rings. The van der Waals surface area contributed by atoms with E-state index < -0.39 is 0 Å². The van der Waals surface area contributed by atoms with E-state index in [1.165, 1.54) is 9.37 Å². The van der Waals surface area contributed by atoms with Gasteiger partial charge in [-0.3, -0.25) is 4.99 Å². The van der Waals surface area contributed by atoms with E-state index in [0.29, 0.717) is 0 Å². The number of halogens is 1. The van der Waals surface area contributed by atoms with Crippen LogP contribution in [0.4, 0.5) is 0 Å². The fourth-order valence-corrected chi connectivity index (χ4v) is 4.01. The molecule has 2 rings (SSSR count). The van der Waals surface area contributed by atoms with Crippen LogP contribution in [-0.4, -0.2) is 46.6 Å². The van der Waals surface area contributed by atoms with E-state index in [0.717, 1.165) is 56.4 Å². The van der Waals surface area contributed by atoms with Gasteiger partial charge in [-0.25, -0.2) is 0 Å². The van der Waals surface area contributed by atoms with Crippen LogP contribution in [0.15, 0.2) is 45.0 Å². The van der Waals surface area contributed by atoms with E-state index in [2.05, 4.69) is 71.4 Å². The van der Waals surface area contributed by atoms with Crippen molar-refractivity contribution in [1.29, 1.82) is 0 Å². The summed E-state index contributed by atoms with van der Waals surface area (Å²) in [6.45, 7) is 4.63. The number of guanidine groups is 1. The minimum Gasteiger partial charge on any atom is -0.356 e. The number of benzene rings is 1. The molecule has 142 valence electrons. The zero-order valence-electron chi connectivity index (χ0n) is 15.4. The molecule has 0 unspecified atom stereocenters. The van der Waals surface area contributed by atoms with Crippen LogP contribution in [0.1, 0.15) is 25.6 Å². The fourth-order valence-electron chi connectivity index (χ4n) is 2.43. The summed E-state index contributed by atoms with van der Waals surface area (Å²) in [7, 11) is 1.80. The molecular weight excluding hydrogens is 412 g/mol. The SMILES string of the molecule is CCc1nncn1CCNC(=NC)NCCCCSc1ccccc1Br. The van der Waals surface area contributed by atoms with Crippen molar-refractivity contribution in [3.8, 4) is 0 Å². The summed E-state index contributed by atoms with van der Waals surface area (Å²) < 4.78 is 3.24. The first-order valence-electron chi connectivity index (χ1n) is 8.93. The van der Waals surface area contributed by atoms with E-state index in [9.17, 15) is 0 Å². The Morgan fingerprint density at radius 3 is 2.81 bits per heavy atom. The highest BCUT2D eigenvalue weighted by molar-refractivity contribution is 9.10. The molecule has 0 bridgehead atoms. The molecule has 1 aromatic heterocycles. The summed E-state index contributed by atoms with van der Waals surface area (Å²) in [5.41, 5.74) is 0. The number of aromatic nitrogens is 3. The third-order valence-electron chi connectivity index (χ3n) is 3.84. The lowest BCUT2D eigenvalue weighted by atomic mass is 10.3. The molecule has 26 heavy (non-hydrogen) atoms. The Labute approximate surface area is 168 Å². The van der Waals surface area contributed by atoms with Crippen LogP contribution in [0.25, 0.3) is 0 Å². The summed E-state index contributed by atoms with van der Waals surface area (Å²) in [5, 5.41) is 14.7. The second kappa shape index (κ2) is 12.0. The van der Waals surface area contributed by atoms with Crippen molar-refractivity contribution in [3.05, 3.63) is 40.9 Å². The van der Waals surface area contributed by atoms with E-state index in [-0.39, 0.29) is 0 Å². The van der Waals surface area contributed by atoms with Crippen LogP contribution in [0.2, 0.25) is 0 Å². The second-order valence-electron chi connectivity index (χ2n) is 5.71. The fraction of sp³-hybridized carbons (Fsp3) is 0.500. The molecule has 0 saturated carbocycles. The highest BCUT2D eigenvalue weighted by Gasteiger charge is 2.02. The topological polar surface area (TPSA) is 67.1 Å². The highest BCUT2D eigenvalue weighted by Crippen LogP contribution is 2.27. The molecule has 0 atom stereocenters. The van der Waals surface area contributed by atoms with Crippen molar-refractivity contribution >= 4 is 33.7 Å². The van der Waals surface area contributed by atoms with Crippen LogP contribution in [0.5, 0.6) is 0 Å². The number of aliphatic imine (C=N–C) groups is 1. The lowest BCUT2D eigenvalue weighted by Gasteiger charge is -2.12. The zero-order valence-corrected chi connectivity index (χ0v) is 17.8. The Kier molecular flexibility index (Phi) is 9.55. The molecule has 8 heteroatoms. The van der Waals surface area contributed by atoms with Crippen molar-refractivity contribution in [2.45, 2.75) is 37.6 Å². The van der Waals surface area contributed by atoms with Gasteiger partial charge in [0.15, 0.2) is 5.96 Å². The zero-order chi connectivity index (χ0) is 18.6. The molecule has 0 radical (unpaired) electrons. The molecule has 0 fully saturated rings. The predicted molar refractivity (Wildman–Crippen MR) is 113 cm³/mol. The Hall–Kier alpha value is -1.54. The van der Waals surface area contributed by atoms with E-state index in [4.69, 9.17) is 0 Å². The van der Waals surface area contributed by atoms with E-state index in [1.807, 2.05) is 17.8 Å². The van der Waals surface area contributed by atoms with Gasteiger partial charge in [0, 0.05) is 42.5 Å². The minimum atomic E-state index is 0.794. The molecule has 0 aliphatic heterocycles. The van der Waals surface area contributed by atoms with Gasteiger partial charge >= 0.3 is 0 Å². The van der Waals surface area contributed by atoms with Crippen LogP contribution in [0.3, 0.4) is 0 Å². The molecule has 0 spiro atoms. The standard InChI is InChI=1S/C18H27BrN6S/c1-3-17-24-23-14-25(17)12-11-22-18(20-2)21-10-6-7-13-26-16-9-5-4-8-15(16)19/h4-5,8-9,14H,3,6-7,10-13H2,1-2H3,(H2,20,21,22). The average Bonchev–Trinajstić information content (AvgIpc) is 3.11. The monoisotopic (exact) mass is 438 g/mol. The molecule has 0 saturated heterocycles. The molecular formula is C18H27BrN6S. The number of unbranched alkanes of at least 4 members (excludes halogenated alkanes) is 1. The Balaban J connectivity index is 1.57. The number of hydrogen-bond acceptors (Lipinski definition) is 4. The van der Waals surface area contributed by atoms with Gasteiger partial charge < -0.3 is 15.2 Å². The lowest BCUT2D eigenvalue weighted by Crippen LogP contribution is -2.39. The maximum absolute atomic E-state index is 4.27.